The molecule has 462 valence electrons. The molecule has 0 bridgehead atoms. The Labute approximate surface area is 529 Å². The first-order valence-corrected chi connectivity index (χ1v) is 29.3. The van der Waals surface area contributed by atoms with E-state index in [1.807, 2.05) is 12.1 Å². The van der Waals surface area contributed by atoms with Gasteiger partial charge >= 0.3 is 29.6 Å². The number of hydrogen-bond acceptors (Lipinski definition) is 22. The maximum Gasteiger partial charge on any atom is 1.00 e. The van der Waals surface area contributed by atoms with E-state index >= 15 is 0 Å². The third-order valence-corrected chi connectivity index (χ3v) is 17.1. The molecule has 0 radical (unpaired) electrons. The van der Waals surface area contributed by atoms with E-state index in [9.17, 15) is 74.6 Å². The van der Waals surface area contributed by atoms with Crippen LogP contribution in [0.3, 0.4) is 0 Å². The summed E-state index contributed by atoms with van der Waals surface area (Å²) in [4.78, 5) is 106. The first-order chi connectivity index (χ1) is 41.1. The Kier molecular flexibility index (Phi) is 24.4. The maximum atomic E-state index is 14.6. The molecule has 0 unspecified atom stereocenters. The Balaban J connectivity index is 0.0000108. The fourth-order valence-electron chi connectivity index (χ4n) is 11.1. The molecule has 4 aliphatic rings. The topological polar surface area (TPSA) is 409 Å². The summed E-state index contributed by atoms with van der Waals surface area (Å²) >= 11 is 1.35. The quantitative estimate of drug-likeness (QED) is 0.0134. The van der Waals surface area contributed by atoms with Crippen molar-refractivity contribution in [3.05, 3.63) is 94.8 Å². The number of nitrogens with zero attached hydrogens (tertiary/aromatic N) is 5. The molecule has 87 heavy (non-hydrogen) atoms. The number of hydrogen-bond donors (Lipinski definition) is 12. The van der Waals surface area contributed by atoms with Gasteiger partial charge in [0.2, 0.25) is 42.0 Å². The number of carbonyl (C=O) groups excluding carboxylic acids is 7. The van der Waals surface area contributed by atoms with E-state index in [4.69, 9.17) is 10.8 Å². The molecule has 3 saturated heterocycles. The smallest absolute Gasteiger partial charge is 0.691 e. The van der Waals surface area contributed by atoms with E-state index < -0.39 is 165 Å². The molecule has 1 aromatic heterocycles. The molecule has 31 heteroatoms. The van der Waals surface area contributed by atoms with E-state index in [0.29, 0.717) is 21.5 Å². The second-order valence-corrected chi connectivity index (χ2v) is 23.3. The van der Waals surface area contributed by atoms with Crippen molar-refractivity contribution in [2.24, 2.45) is 5.92 Å². The molecule has 12 N–H and O–H groups in total. The first-order valence-electron chi connectivity index (χ1n) is 27.8. The van der Waals surface area contributed by atoms with Crippen molar-refractivity contribution >= 4 is 65.0 Å². The summed E-state index contributed by atoms with van der Waals surface area (Å²) in [5.74, 6) is -9.12. The van der Waals surface area contributed by atoms with Crippen molar-refractivity contribution < 1.29 is 118 Å². The minimum Gasteiger partial charge on any atom is -0.691 e. The number of rotatable bonds is 15. The number of aromatic hydroxyl groups is 1. The number of fused-ring (bicyclic) bond motifs is 2. The van der Waals surface area contributed by atoms with Gasteiger partial charge in [-0.05, 0) is 61.1 Å². The molecule has 4 fully saturated rings. The van der Waals surface area contributed by atoms with Crippen LogP contribution in [0.5, 0.6) is 11.5 Å². The molecule has 1 saturated carbocycles. The summed E-state index contributed by atoms with van der Waals surface area (Å²) in [7, 11) is 0. The molecule has 4 aromatic rings. The van der Waals surface area contributed by atoms with Crippen LogP contribution < -0.4 is 65.6 Å². The summed E-state index contributed by atoms with van der Waals surface area (Å²) in [6, 6.07) is 6.58. The number of nitrogens with one attached hydrogen (secondary N) is 5. The standard InChI is InChI=1S/C56H68N10O18S2.Na/c1-27-25-66-46(47(27)73)52(78)58-23-35(68)21-37(59-48(74)32-12-16-34(17-13-32)54-64-63-53(85-54)33-14-10-31(11-15-33)30-7-5-4-6-8-30)49(75)60-43(28(2)67)55(79)65-26-36(69)22-38(65)50(76)61-44(51(77)62-45(56(66)80)41(72)24-57-3)40(71)19-29-9-18-39(70)42(20-29)82-86-84-83-81;/h9-18,20,27-28,30,35-38,40-41,43-47,67-73,81H,4-8,19,21-26H2,1-2H3,(H,58,78)(H,59,74)(H,60,75)(H,61,76)(H,62,77);/q;+1/p-1/t27-,28+,35+,36+,37+,38+,40-,41-,43+,44+,45+,46+,47+;/m1./s1. The van der Waals surface area contributed by atoms with E-state index in [-0.39, 0.29) is 65.3 Å². The van der Waals surface area contributed by atoms with Crippen LogP contribution in [-0.4, -0.2) is 196 Å². The van der Waals surface area contributed by atoms with Gasteiger partial charge in [0, 0.05) is 61.5 Å². The zero-order valence-corrected chi connectivity index (χ0v) is 51.2. The number of aromatic nitrogens is 2. The van der Waals surface area contributed by atoms with Gasteiger partial charge in [0.05, 0.1) is 30.5 Å². The number of phenols is 1. The van der Waals surface area contributed by atoms with Crippen LogP contribution in [0.25, 0.3) is 26.0 Å². The van der Waals surface area contributed by atoms with Crippen LogP contribution in [0, 0.1) is 12.5 Å². The van der Waals surface area contributed by atoms with Gasteiger partial charge in [0.15, 0.2) is 17.6 Å². The van der Waals surface area contributed by atoms with Crippen molar-refractivity contribution in [1.82, 2.24) is 46.6 Å². The number of amides is 7. The molecule has 3 aliphatic heterocycles. The third kappa shape index (κ3) is 16.9. The minimum atomic E-state index is -2.15. The SMILES string of the molecule is [C-]#[N+]C[C@@H](O)[C@@H]1NC(=O)[C@H]([C@H](O)Cc2ccc(O)c(OSOO[O-])c2)NC(=O)[C@@H]2C[C@H](O)CN2C(=O)[C@H]([C@H](C)O)NC(=O)[C@@H](NC(=O)c2ccc(-c3nnc(-c4ccc(C5CCCCC5)cc4)s3)cc2)C[C@H](O)CNC(=O)[C@@H]2[C@@H](O)[C@H](C)CN2C1=O.[Na+]. The minimum absolute atomic E-state index is 0. The Morgan fingerprint density at radius 2 is 1.44 bits per heavy atom. The van der Waals surface area contributed by atoms with Crippen molar-refractivity contribution in [3.8, 4) is 32.6 Å². The Bertz CT molecular complexity index is 3120. The summed E-state index contributed by atoms with van der Waals surface area (Å²) in [6.45, 7) is 7.63. The molecule has 4 heterocycles. The molecule has 8 rings (SSSR count). The number of β-amino-alcohol motifs (C(OH)–C–C–N with tert-alkyl or cyclic N) is 1. The van der Waals surface area contributed by atoms with Gasteiger partial charge in [-0.25, -0.2) is 6.57 Å². The van der Waals surface area contributed by atoms with Crippen LogP contribution >= 0.6 is 23.7 Å². The Morgan fingerprint density at radius 3 is 2.08 bits per heavy atom. The van der Waals surface area contributed by atoms with Crippen molar-refractivity contribution in [2.75, 3.05) is 26.2 Å². The Morgan fingerprint density at radius 1 is 0.805 bits per heavy atom. The largest absolute Gasteiger partial charge is 1.00 e. The third-order valence-electron chi connectivity index (χ3n) is 15.7. The fraction of sp³-hybridized carbons (Fsp3) is 0.500. The first kappa shape index (κ1) is 68.1. The molecule has 0 spiro atoms. The van der Waals surface area contributed by atoms with Crippen molar-refractivity contribution in [3.63, 3.8) is 0 Å². The van der Waals surface area contributed by atoms with E-state index in [2.05, 4.69) is 63.1 Å². The molecule has 13 atom stereocenters. The van der Waals surface area contributed by atoms with Crippen LogP contribution in [0.15, 0.2) is 66.7 Å². The summed E-state index contributed by atoms with van der Waals surface area (Å²) < 4.78 is 9.16. The monoisotopic (exact) mass is 1250 g/mol. The summed E-state index contributed by atoms with van der Waals surface area (Å²) in [5, 5.41) is 114. The number of benzene rings is 3. The van der Waals surface area contributed by atoms with Crippen LogP contribution in [0.2, 0.25) is 0 Å². The van der Waals surface area contributed by atoms with Crippen LogP contribution in [-0.2, 0) is 44.6 Å². The average Bonchev–Trinajstić information content (AvgIpc) is 1.85. The number of aliphatic hydroxyl groups is 6. The van der Waals surface area contributed by atoms with E-state index in [1.54, 1.807) is 12.1 Å². The van der Waals surface area contributed by atoms with E-state index in [0.717, 1.165) is 47.3 Å². The van der Waals surface area contributed by atoms with Crippen LogP contribution in [0.1, 0.15) is 86.2 Å². The van der Waals surface area contributed by atoms with Crippen molar-refractivity contribution in [2.45, 2.75) is 144 Å². The van der Waals surface area contributed by atoms with E-state index in [1.165, 1.54) is 61.3 Å². The number of phenolic OH excluding ortho intramolecular Hbond substituents is 1. The van der Waals surface area contributed by atoms with Crippen molar-refractivity contribution in [1.29, 1.82) is 0 Å². The van der Waals surface area contributed by atoms with Gasteiger partial charge < -0.3 is 86.4 Å². The predicted molar refractivity (Wildman–Crippen MR) is 301 cm³/mol. The molecular weight excluding hydrogens is 1190 g/mol. The number of carbonyl (C=O) groups is 7. The van der Waals surface area contributed by atoms with Gasteiger partial charge in [-0.1, -0.05) is 80.0 Å². The average molecular weight is 1260 g/mol. The molecule has 28 nitrogen and oxygen atoms in total. The summed E-state index contributed by atoms with van der Waals surface area (Å²) in [6.07, 6.45) is -6.27. The van der Waals surface area contributed by atoms with Gasteiger partial charge in [-0.3, -0.25) is 38.6 Å². The molecule has 3 aromatic carbocycles. The summed E-state index contributed by atoms with van der Waals surface area (Å²) in [5.41, 5.74) is 2.93. The normalized spacial score (nSPS) is 26.5. The molecule has 1 aliphatic carbocycles. The molecular formula is C56H67N10NaO18S2. The van der Waals surface area contributed by atoms with Gasteiger partial charge in [-0.2, -0.15) is 0 Å². The van der Waals surface area contributed by atoms with Gasteiger partial charge in [-0.15, -0.1) is 14.5 Å². The Hall–Kier alpha value is -6.41. The zero-order chi connectivity index (χ0) is 61.9. The fourth-order valence-corrected chi connectivity index (χ4v) is 12.2. The van der Waals surface area contributed by atoms with Gasteiger partial charge in [0.1, 0.15) is 46.3 Å². The van der Waals surface area contributed by atoms with Crippen LogP contribution in [0.4, 0.5) is 0 Å². The predicted octanol–water partition coefficient (Wildman–Crippen LogP) is -4.34. The van der Waals surface area contributed by atoms with Gasteiger partial charge in [0.25, 0.3) is 18.2 Å². The molecule has 7 amide bonds. The zero-order valence-electron chi connectivity index (χ0n) is 47.6. The second kappa shape index (κ2) is 31.2. The maximum absolute atomic E-state index is 14.6. The number of aliphatic hydroxyl groups excluding tert-OH is 6. The second-order valence-electron chi connectivity index (χ2n) is 21.9.